The quantitative estimate of drug-likeness (QED) is 0.142. The highest BCUT2D eigenvalue weighted by molar-refractivity contribution is 5.89. The van der Waals surface area contributed by atoms with E-state index in [-0.39, 0.29) is 81.2 Å². The molecule has 0 atom stereocenters. The number of benzene rings is 10. The zero-order chi connectivity index (χ0) is 86.0. The van der Waals surface area contributed by atoms with Crippen molar-refractivity contribution in [2.75, 3.05) is 0 Å². The topological polar surface area (TPSA) is 0 Å². The van der Waals surface area contributed by atoms with E-state index in [1.54, 1.807) is 0 Å². The normalized spacial score (nSPS) is 16.2. The molecular formula is C115H150. The highest BCUT2D eigenvalue weighted by Gasteiger charge is 2.47. The predicted octanol–water partition coefficient (Wildman–Crippen LogP) is 32.9. The minimum Gasteiger partial charge on any atom is -0.0616 e. The summed E-state index contributed by atoms with van der Waals surface area (Å²) in [6, 6.07) is 69.4. The second kappa shape index (κ2) is 28.7. The maximum absolute atomic E-state index is 2.45. The standard InChI is InChI=1S/5C23H30/c1-21(2,3)16-12-10-13-17-19(16)15-11-9-14-18(22(4,5)6)20(15)23(17,7)8;1-21(2,3)17-13-9-11-15-16-12-10-14-18(22(4,5)6)20(16)23(7,8)19(15)17;1-21(2,3)15-12-13-16-19(14-15)23(7,8)18-11-9-10-17(20(16)18)22(4,5)6;1-21(2,3)15-12-13-16-17-10-9-11-18(22(4,5)6)20(17)23(7,8)19(16)14-15;1-21(2,3)15-12-13-18-17(14-15)16-10-9-11-19(22(4,5)6)20(16)23(18,7)8/h5*9-14H,1-8H3. The molecule has 0 heterocycles. The van der Waals surface area contributed by atoms with E-state index < -0.39 is 0 Å². The largest absolute Gasteiger partial charge is 0.0616 e. The Hall–Kier alpha value is -7.80. The fourth-order valence-electron chi connectivity index (χ4n) is 20.3. The van der Waals surface area contributed by atoms with Gasteiger partial charge in [0.15, 0.2) is 0 Å². The second-order valence-corrected chi connectivity index (χ2v) is 48.0. The third-order valence-corrected chi connectivity index (χ3v) is 26.7. The number of fused-ring (bicyclic) bond motifs is 15. The molecule has 0 saturated heterocycles. The molecule has 5 aliphatic carbocycles. The van der Waals surface area contributed by atoms with Crippen LogP contribution in [0, 0.1) is 0 Å². The zero-order valence-corrected chi connectivity index (χ0v) is 79.8. The van der Waals surface area contributed by atoms with Crippen LogP contribution >= 0.6 is 0 Å². The Kier molecular flexibility index (Phi) is 22.0. The number of rotatable bonds is 0. The van der Waals surface area contributed by atoms with Gasteiger partial charge in [0.1, 0.15) is 0 Å². The SMILES string of the molecule is CC(C)(C)c1ccc2c(c1)-c1cccc(C(C)(C)C)c1C2(C)C.CC(C)(C)c1ccc2c(c1)C(C)(C)c1c-2cccc1C(C)(C)C.CC(C)(C)c1ccc2c(c1)C(C)(C)c1cccc(C(C)(C)C)c1-2.CC(C)(C)c1cccc2c1-c1cccc(C(C)(C)C)c1C2(C)C.CC(C)(C)c1cccc2c1C(C)(C)c1c-2cccc1C(C)(C)C. The summed E-state index contributed by atoms with van der Waals surface area (Å²) in [5, 5.41) is 0. The molecule has 115 heavy (non-hydrogen) atoms. The molecule has 0 nitrogen and oxygen atoms in total. The molecule has 0 N–H and O–H groups in total. The van der Waals surface area contributed by atoms with Crippen LogP contribution < -0.4 is 0 Å². The van der Waals surface area contributed by atoms with Crippen LogP contribution in [-0.4, -0.2) is 0 Å². The van der Waals surface area contributed by atoms with Crippen LogP contribution in [0.2, 0.25) is 0 Å². The highest BCUT2D eigenvalue weighted by atomic mass is 14.5. The van der Waals surface area contributed by atoms with Crippen LogP contribution in [0.5, 0.6) is 0 Å². The van der Waals surface area contributed by atoms with Gasteiger partial charge in [0.25, 0.3) is 0 Å². The Morgan fingerprint density at radius 2 is 0.391 bits per heavy atom. The van der Waals surface area contributed by atoms with Gasteiger partial charge in [-0.1, -0.05) is 459 Å². The Bertz CT molecular complexity index is 5290. The first-order valence-corrected chi connectivity index (χ1v) is 43.7. The first kappa shape index (κ1) is 88.0. The number of hydrogen-bond donors (Lipinski definition) is 0. The summed E-state index contributed by atoms with van der Waals surface area (Å²) in [6.45, 7) is 93.3. The van der Waals surface area contributed by atoms with Crippen molar-refractivity contribution >= 4 is 0 Å². The van der Waals surface area contributed by atoms with E-state index in [9.17, 15) is 0 Å². The predicted molar refractivity (Wildman–Crippen MR) is 507 cm³/mol. The van der Waals surface area contributed by atoms with Crippen molar-refractivity contribution in [1.82, 2.24) is 0 Å². The Balaban J connectivity index is 0.000000142. The number of hydrogen-bond acceptors (Lipinski definition) is 0. The lowest BCUT2D eigenvalue weighted by atomic mass is 9.70. The second-order valence-electron chi connectivity index (χ2n) is 48.0. The lowest BCUT2D eigenvalue weighted by molar-refractivity contribution is 0.536. The van der Waals surface area contributed by atoms with E-state index in [1.165, 1.54) is 167 Å². The summed E-state index contributed by atoms with van der Waals surface area (Å²) in [5.74, 6) is 0. The van der Waals surface area contributed by atoms with E-state index in [0.717, 1.165) is 0 Å². The highest BCUT2D eigenvalue weighted by Crippen LogP contribution is 2.60. The van der Waals surface area contributed by atoms with Gasteiger partial charge in [0.2, 0.25) is 0 Å². The summed E-state index contributed by atoms with van der Waals surface area (Å²) in [6.07, 6.45) is 0. The fourth-order valence-corrected chi connectivity index (χ4v) is 20.3. The molecule has 0 radical (unpaired) electrons. The molecule has 0 saturated carbocycles. The average Bonchev–Trinajstić information content (AvgIpc) is 1.52. The average molecular weight is 1530 g/mol. The smallest absolute Gasteiger partial charge is 0.0164 e. The summed E-state index contributed by atoms with van der Waals surface area (Å²) in [5.41, 5.74) is 46.1. The van der Waals surface area contributed by atoms with Gasteiger partial charge in [-0.3, -0.25) is 0 Å². The van der Waals surface area contributed by atoms with Crippen molar-refractivity contribution in [3.05, 3.63) is 293 Å². The summed E-state index contributed by atoms with van der Waals surface area (Å²) in [7, 11) is 0. The van der Waals surface area contributed by atoms with E-state index in [2.05, 4.69) is 459 Å². The Labute approximate surface area is 702 Å². The molecule has 0 amide bonds. The van der Waals surface area contributed by atoms with Crippen LogP contribution in [0.3, 0.4) is 0 Å². The van der Waals surface area contributed by atoms with Crippen molar-refractivity contribution in [3.8, 4) is 55.6 Å². The fraction of sp³-hybridized carbons (Fsp3) is 0.478. The zero-order valence-electron chi connectivity index (χ0n) is 79.8. The maximum atomic E-state index is 2.45. The molecule has 10 aromatic rings. The van der Waals surface area contributed by atoms with Gasteiger partial charge >= 0.3 is 0 Å². The molecule has 15 rings (SSSR count). The van der Waals surface area contributed by atoms with Crippen molar-refractivity contribution in [2.24, 2.45) is 0 Å². The van der Waals surface area contributed by atoms with Crippen LogP contribution in [-0.2, 0) is 81.2 Å². The van der Waals surface area contributed by atoms with E-state index in [1.807, 2.05) is 0 Å². The molecule has 610 valence electrons. The van der Waals surface area contributed by atoms with Gasteiger partial charge in [0, 0.05) is 27.1 Å². The first-order valence-electron chi connectivity index (χ1n) is 43.7. The minimum absolute atomic E-state index is 0.0540. The van der Waals surface area contributed by atoms with Gasteiger partial charge in [-0.05, 0) is 221 Å². The van der Waals surface area contributed by atoms with E-state index in [0.29, 0.717) is 0 Å². The molecule has 0 bridgehead atoms. The summed E-state index contributed by atoms with van der Waals surface area (Å²) >= 11 is 0. The van der Waals surface area contributed by atoms with E-state index in [4.69, 9.17) is 0 Å². The van der Waals surface area contributed by atoms with Crippen LogP contribution in [0.1, 0.15) is 388 Å². The molecule has 10 aromatic carbocycles. The Morgan fingerprint density at radius 1 is 0.157 bits per heavy atom. The third kappa shape index (κ3) is 15.9. The van der Waals surface area contributed by atoms with Crippen molar-refractivity contribution in [2.45, 2.75) is 358 Å². The molecule has 0 heteroatoms. The van der Waals surface area contributed by atoms with Crippen molar-refractivity contribution in [1.29, 1.82) is 0 Å². The van der Waals surface area contributed by atoms with Gasteiger partial charge in [-0.15, -0.1) is 0 Å². The van der Waals surface area contributed by atoms with Crippen molar-refractivity contribution in [3.63, 3.8) is 0 Å². The van der Waals surface area contributed by atoms with Gasteiger partial charge in [0.05, 0.1) is 0 Å². The lowest BCUT2D eigenvalue weighted by Gasteiger charge is -2.33. The summed E-state index contributed by atoms with van der Waals surface area (Å²) in [4.78, 5) is 0. The minimum atomic E-state index is 0.0540. The molecule has 0 fully saturated rings. The van der Waals surface area contributed by atoms with Gasteiger partial charge in [-0.2, -0.15) is 0 Å². The molecular weight excluding hydrogens is 1380 g/mol. The first-order chi connectivity index (χ1) is 52.2. The van der Waals surface area contributed by atoms with Crippen molar-refractivity contribution < 1.29 is 0 Å². The molecule has 0 unspecified atom stereocenters. The van der Waals surface area contributed by atoms with Crippen LogP contribution in [0.4, 0.5) is 0 Å². The Morgan fingerprint density at radius 3 is 0.739 bits per heavy atom. The van der Waals surface area contributed by atoms with Gasteiger partial charge in [-0.25, -0.2) is 0 Å². The monoisotopic (exact) mass is 1530 g/mol. The van der Waals surface area contributed by atoms with E-state index >= 15 is 0 Å². The third-order valence-electron chi connectivity index (χ3n) is 26.7. The van der Waals surface area contributed by atoms with Crippen LogP contribution in [0.15, 0.2) is 182 Å². The molecule has 5 aliphatic rings. The van der Waals surface area contributed by atoms with Gasteiger partial charge < -0.3 is 0 Å². The molecule has 0 aromatic heterocycles. The van der Waals surface area contributed by atoms with Crippen LogP contribution in [0.25, 0.3) is 55.6 Å². The molecule has 0 aliphatic heterocycles. The molecule has 0 spiro atoms. The maximum Gasteiger partial charge on any atom is 0.0164 e. The summed E-state index contributed by atoms with van der Waals surface area (Å²) < 4.78 is 0. The lowest BCUT2D eigenvalue weighted by Crippen LogP contribution is -2.26.